The minimum atomic E-state index is -3.24. The molecule has 0 radical (unpaired) electrons. The number of nitrogens with one attached hydrogen (secondary N) is 3. The fourth-order valence-corrected chi connectivity index (χ4v) is 4.27. The van der Waals surface area contributed by atoms with E-state index in [4.69, 9.17) is 0 Å². The molecule has 0 heterocycles. The molecule has 1 aliphatic rings. The van der Waals surface area contributed by atoms with E-state index in [0.717, 1.165) is 19.0 Å². The van der Waals surface area contributed by atoms with Crippen molar-refractivity contribution in [3.05, 3.63) is 0 Å². The second kappa shape index (κ2) is 10.2. The first-order valence-corrected chi connectivity index (χ1v) is 10.5. The lowest BCUT2D eigenvalue weighted by Crippen LogP contribution is -2.47. The van der Waals surface area contributed by atoms with Crippen LogP contribution in [0.15, 0.2) is 4.99 Å². The van der Waals surface area contributed by atoms with E-state index in [1.54, 1.807) is 0 Å². The fraction of sp³-hybridized carbons (Fsp3) is 0.938. The maximum Gasteiger partial charge on any atom is 0.209 e. The van der Waals surface area contributed by atoms with Crippen molar-refractivity contribution in [2.75, 3.05) is 25.9 Å². The molecule has 0 saturated heterocycles. The van der Waals surface area contributed by atoms with Crippen LogP contribution in [-0.2, 0) is 10.0 Å². The average molecular weight is 474 g/mol. The van der Waals surface area contributed by atoms with Crippen LogP contribution in [0.3, 0.4) is 0 Å². The molecule has 0 aromatic heterocycles. The minimum Gasteiger partial charge on any atom is -0.357 e. The van der Waals surface area contributed by atoms with Crippen molar-refractivity contribution in [3.8, 4) is 0 Å². The fourth-order valence-electron chi connectivity index (χ4n) is 3.20. The van der Waals surface area contributed by atoms with Gasteiger partial charge < -0.3 is 10.6 Å². The van der Waals surface area contributed by atoms with Crippen LogP contribution in [0.2, 0.25) is 0 Å². The predicted octanol–water partition coefficient (Wildman–Crippen LogP) is 2.46. The van der Waals surface area contributed by atoms with E-state index in [1.165, 1.54) is 38.4 Å². The highest BCUT2D eigenvalue weighted by Crippen LogP contribution is 2.40. The number of sulfonamides is 1. The number of halogens is 1. The van der Waals surface area contributed by atoms with Gasteiger partial charge in [0.15, 0.2) is 5.96 Å². The number of rotatable bonds is 8. The third kappa shape index (κ3) is 8.84. The third-order valence-corrected chi connectivity index (χ3v) is 5.41. The summed E-state index contributed by atoms with van der Waals surface area (Å²) in [4.78, 5) is 4.56. The number of hydrogen-bond acceptors (Lipinski definition) is 3. The van der Waals surface area contributed by atoms with Crippen molar-refractivity contribution in [1.29, 1.82) is 0 Å². The molecular weight excluding hydrogens is 439 g/mol. The lowest BCUT2D eigenvalue weighted by molar-refractivity contribution is 0.283. The summed E-state index contributed by atoms with van der Waals surface area (Å²) in [6, 6.07) is 0. The molecule has 0 atom stereocenters. The highest BCUT2D eigenvalue weighted by Gasteiger charge is 2.32. The van der Waals surface area contributed by atoms with Gasteiger partial charge in [0.2, 0.25) is 10.0 Å². The quantitative estimate of drug-likeness (QED) is 0.287. The zero-order chi connectivity index (χ0) is 17.6. The van der Waals surface area contributed by atoms with Crippen LogP contribution in [0.4, 0.5) is 0 Å². The van der Waals surface area contributed by atoms with E-state index in [9.17, 15) is 8.42 Å². The van der Waals surface area contributed by atoms with E-state index in [0.29, 0.717) is 12.0 Å². The SMILES string of the molecule is CCNC(=NCC(C)(C)NS(C)(=O)=O)NCC1(CC)CCCC1.I. The van der Waals surface area contributed by atoms with Crippen LogP contribution in [0, 0.1) is 5.41 Å². The standard InChI is InChI=1S/C16H34N4O2S.HI/c1-6-16(10-8-9-11-16)13-19-14(17-7-2)18-12-15(3,4)20-23(5,21)22;/h20H,6-13H2,1-5H3,(H2,17,18,19);1H. The Hall–Kier alpha value is -0.0900. The zero-order valence-electron chi connectivity index (χ0n) is 15.7. The molecule has 0 unspecified atom stereocenters. The first kappa shape index (κ1) is 23.9. The summed E-state index contributed by atoms with van der Waals surface area (Å²) in [6.07, 6.45) is 7.53. The summed E-state index contributed by atoms with van der Waals surface area (Å²) in [6.45, 7) is 10.1. The molecule has 0 bridgehead atoms. The average Bonchev–Trinajstić information content (AvgIpc) is 2.89. The topological polar surface area (TPSA) is 82.6 Å². The van der Waals surface area contributed by atoms with Crippen LogP contribution >= 0.6 is 24.0 Å². The molecule has 3 N–H and O–H groups in total. The lowest BCUT2D eigenvalue weighted by Gasteiger charge is -2.29. The van der Waals surface area contributed by atoms with Gasteiger partial charge in [0.05, 0.1) is 12.8 Å². The van der Waals surface area contributed by atoms with Gasteiger partial charge in [-0.3, -0.25) is 4.99 Å². The predicted molar refractivity (Wildman–Crippen MR) is 113 cm³/mol. The maximum atomic E-state index is 11.4. The van der Waals surface area contributed by atoms with E-state index in [-0.39, 0.29) is 24.0 Å². The summed E-state index contributed by atoms with van der Waals surface area (Å²) >= 11 is 0. The Morgan fingerprint density at radius 2 is 1.75 bits per heavy atom. The van der Waals surface area contributed by atoms with Gasteiger partial charge >= 0.3 is 0 Å². The van der Waals surface area contributed by atoms with Crippen molar-refractivity contribution in [2.24, 2.45) is 10.4 Å². The Balaban J connectivity index is 0.00000529. The van der Waals surface area contributed by atoms with E-state index in [2.05, 4.69) is 27.3 Å². The Labute approximate surface area is 165 Å². The summed E-state index contributed by atoms with van der Waals surface area (Å²) in [5.41, 5.74) is -0.220. The van der Waals surface area contributed by atoms with Gasteiger partial charge in [-0.05, 0) is 45.4 Å². The molecule has 24 heavy (non-hydrogen) atoms. The van der Waals surface area contributed by atoms with Crippen LogP contribution in [0.1, 0.15) is 59.8 Å². The van der Waals surface area contributed by atoms with Crippen molar-refractivity contribution in [1.82, 2.24) is 15.4 Å². The Morgan fingerprint density at radius 3 is 2.21 bits per heavy atom. The molecule has 6 nitrogen and oxygen atoms in total. The van der Waals surface area contributed by atoms with Gasteiger partial charge in [-0.25, -0.2) is 13.1 Å². The summed E-state index contributed by atoms with van der Waals surface area (Å²) in [5.74, 6) is 0.760. The second-order valence-electron chi connectivity index (χ2n) is 7.37. The van der Waals surface area contributed by atoms with Crippen LogP contribution < -0.4 is 15.4 Å². The Kier molecular flexibility index (Phi) is 10.1. The Morgan fingerprint density at radius 1 is 1.17 bits per heavy atom. The number of aliphatic imine (C=N–C) groups is 1. The summed E-state index contributed by atoms with van der Waals surface area (Å²) in [5, 5.41) is 6.70. The summed E-state index contributed by atoms with van der Waals surface area (Å²) in [7, 11) is -3.24. The highest BCUT2D eigenvalue weighted by molar-refractivity contribution is 14.0. The van der Waals surface area contributed by atoms with E-state index < -0.39 is 15.6 Å². The number of guanidine groups is 1. The van der Waals surface area contributed by atoms with E-state index in [1.807, 2.05) is 20.8 Å². The smallest absolute Gasteiger partial charge is 0.209 e. The molecule has 8 heteroatoms. The van der Waals surface area contributed by atoms with Gasteiger partial charge in [-0.2, -0.15) is 0 Å². The van der Waals surface area contributed by atoms with Crippen LogP contribution in [-0.4, -0.2) is 45.8 Å². The molecular formula is C16H35IN4O2S. The van der Waals surface area contributed by atoms with Gasteiger partial charge in [0.1, 0.15) is 0 Å². The van der Waals surface area contributed by atoms with Crippen LogP contribution in [0.5, 0.6) is 0 Å². The first-order valence-electron chi connectivity index (χ1n) is 8.62. The zero-order valence-corrected chi connectivity index (χ0v) is 18.9. The maximum absolute atomic E-state index is 11.4. The molecule has 0 aromatic rings. The van der Waals surface area contributed by atoms with Crippen molar-refractivity contribution in [3.63, 3.8) is 0 Å². The molecule has 1 fully saturated rings. The van der Waals surface area contributed by atoms with Gasteiger partial charge in [-0.1, -0.05) is 19.8 Å². The molecule has 0 amide bonds. The van der Waals surface area contributed by atoms with Crippen molar-refractivity contribution in [2.45, 2.75) is 65.3 Å². The molecule has 0 aromatic carbocycles. The van der Waals surface area contributed by atoms with Crippen molar-refractivity contribution >= 4 is 40.0 Å². The molecule has 0 aliphatic heterocycles. The normalized spacial score (nSPS) is 18.1. The molecule has 144 valence electrons. The second-order valence-corrected chi connectivity index (χ2v) is 9.12. The highest BCUT2D eigenvalue weighted by atomic mass is 127. The Bertz CT molecular complexity index is 500. The largest absolute Gasteiger partial charge is 0.357 e. The van der Waals surface area contributed by atoms with Gasteiger partial charge in [0, 0.05) is 18.6 Å². The molecule has 1 saturated carbocycles. The summed E-state index contributed by atoms with van der Waals surface area (Å²) < 4.78 is 25.4. The first-order chi connectivity index (χ1) is 10.6. The van der Waals surface area contributed by atoms with Crippen LogP contribution in [0.25, 0.3) is 0 Å². The van der Waals surface area contributed by atoms with E-state index >= 15 is 0 Å². The molecule has 1 rings (SSSR count). The lowest BCUT2D eigenvalue weighted by atomic mass is 9.83. The molecule has 1 aliphatic carbocycles. The van der Waals surface area contributed by atoms with Gasteiger partial charge in [0.25, 0.3) is 0 Å². The number of nitrogens with zero attached hydrogens (tertiary/aromatic N) is 1. The monoisotopic (exact) mass is 474 g/mol. The van der Waals surface area contributed by atoms with Gasteiger partial charge in [-0.15, -0.1) is 24.0 Å². The number of hydrogen-bond donors (Lipinski definition) is 3. The third-order valence-electron chi connectivity index (χ3n) is 4.48. The minimum absolute atomic E-state index is 0. The molecule has 0 spiro atoms. The van der Waals surface area contributed by atoms with Crippen molar-refractivity contribution < 1.29 is 8.42 Å².